The Morgan fingerprint density at radius 1 is 1.43 bits per heavy atom. The minimum atomic E-state index is -0.418. The molecule has 0 amide bonds. The van der Waals surface area contributed by atoms with Crippen molar-refractivity contribution < 1.29 is 18.7 Å². The van der Waals surface area contributed by atoms with Crippen LogP contribution in [0, 0.1) is 5.92 Å². The van der Waals surface area contributed by atoms with Gasteiger partial charge < -0.3 is 13.9 Å². The van der Waals surface area contributed by atoms with Crippen LogP contribution in [-0.4, -0.2) is 30.3 Å². The summed E-state index contributed by atoms with van der Waals surface area (Å²) in [5.41, 5.74) is 0.709. The predicted octanol–water partition coefficient (Wildman–Crippen LogP) is 3.33. The minimum Gasteiger partial charge on any atom is -0.460 e. The van der Waals surface area contributed by atoms with Gasteiger partial charge in [-0.05, 0) is 32.1 Å². The number of esters is 1. The van der Waals surface area contributed by atoms with E-state index >= 15 is 0 Å². The molecule has 2 unspecified atom stereocenters. The van der Waals surface area contributed by atoms with Gasteiger partial charge in [-0.25, -0.2) is 9.78 Å². The molecule has 1 aliphatic rings. The van der Waals surface area contributed by atoms with Crippen LogP contribution in [-0.2, 0) is 15.9 Å². The van der Waals surface area contributed by atoms with Crippen LogP contribution in [0.4, 0.5) is 0 Å². The van der Waals surface area contributed by atoms with Crippen molar-refractivity contribution in [2.24, 2.45) is 5.92 Å². The summed E-state index contributed by atoms with van der Waals surface area (Å²) in [6, 6.07) is 0. The van der Waals surface area contributed by atoms with E-state index in [0.717, 1.165) is 19.4 Å². The molecule has 0 bridgehead atoms. The van der Waals surface area contributed by atoms with E-state index in [0.29, 0.717) is 30.5 Å². The first-order chi connectivity index (χ1) is 10.1. The smallest absolute Gasteiger partial charge is 0.376 e. The van der Waals surface area contributed by atoms with E-state index in [1.807, 2.05) is 0 Å². The number of hydrogen-bond acceptors (Lipinski definition) is 5. The van der Waals surface area contributed by atoms with Gasteiger partial charge in [-0.2, -0.15) is 0 Å². The third-order valence-electron chi connectivity index (χ3n) is 3.71. The fourth-order valence-electron chi connectivity index (χ4n) is 2.74. The van der Waals surface area contributed by atoms with Crippen LogP contribution in [0.3, 0.4) is 0 Å². The first-order valence-corrected chi connectivity index (χ1v) is 7.85. The Labute approximate surface area is 126 Å². The van der Waals surface area contributed by atoms with Gasteiger partial charge in [0.2, 0.25) is 11.7 Å². The average Bonchev–Trinajstić information content (AvgIpc) is 3.03. The number of oxazole rings is 1. The second-order valence-corrected chi connectivity index (χ2v) is 5.86. The molecule has 0 saturated carbocycles. The summed E-state index contributed by atoms with van der Waals surface area (Å²) in [6.45, 7) is 9.12. The van der Waals surface area contributed by atoms with Crippen molar-refractivity contribution >= 4 is 5.97 Å². The lowest BCUT2D eigenvalue weighted by Gasteiger charge is -2.12. The van der Waals surface area contributed by atoms with Gasteiger partial charge in [0.25, 0.3) is 0 Å². The normalized spacial score (nSPS) is 22.0. The Balaban J connectivity index is 2.28. The molecule has 2 rings (SSSR count). The molecule has 2 atom stereocenters. The molecular formula is C16H25NO4. The topological polar surface area (TPSA) is 61.6 Å². The van der Waals surface area contributed by atoms with Crippen LogP contribution < -0.4 is 0 Å². The Kier molecular flexibility index (Phi) is 5.39. The van der Waals surface area contributed by atoms with Gasteiger partial charge in [0.1, 0.15) is 0 Å². The van der Waals surface area contributed by atoms with Gasteiger partial charge in [0.05, 0.1) is 24.3 Å². The van der Waals surface area contributed by atoms with Crippen molar-refractivity contribution in [1.82, 2.24) is 4.98 Å². The highest BCUT2D eigenvalue weighted by molar-refractivity contribution is 5.87. The Bertz CT molecular complexity index is 481. The molecule has 1 fully saturated rings. The largest absolute Gasteiger partial charge is 0.460 e. The first-order valence-electron chi connectivity index (χ1n) is 7.85. The van der Waals surface area contributed by atoms with Crippen molar-refractivity contribution in [2.45, 2.75) is 59.0 Å². The van der Waals surface area contributed by atoms with Crippen LogP contribution in [0.1, 0.15) is 68.6 Å². The first kappa shape index (κ1) is 16.0. The van der Waals surface area contributed by atoms with Gasteiger partial charge in [-0.3, -0.25) is 0 Å². The SMILES string of the molecule is CCOC(=O)c1oc(C2CCOC2CC)nc1CC(C)C. The lowest BCUT2D eigenvalue weighted by atomic mass is 10.00. The van der Waals surface area contributed by atoms with Crippen LogP contribution in [0.5, 0.6) is 0 Å². The summed E-state index contributed by atoms with van der Waals surface area (Å²) in [6.07, 6.45) is 2.65. The summed E-state index contributed by atoms with van der Waals surface area (Å²) < 4.78 is 16.5. The summed E-state index contributed by atoms with van der Waals surface area (Å²) in [7, 11) is 0. The van der Waals surface area contributed by atoms with Crippen molar-refractivity contribution in [2.75, 3.05) is 13.2 Å². The van der Waals surface area contributed by atoms with E-state index in [1.165, 1.54) is 0 Å². The summed E-state index contributed by atoms with van der Waals surface area (Å²) in [5, 5.41) is 0. The molecule has 2 heterocycles. The lowest BCUT2D eigenvalue weighted by molar-refractivity contribution is 0.0482. The quantitative estimate of drug-likeness (QED) is 0.753. The number of carbonyl (C=O) groups excluding carboxylic acids is 1. The van der Waals surface area contributed by atoms with E-state index in [2.05, 4.69) is 25.8 Å². The fraction of sp³-hybridized carbons (Fsp3) is 0.750. The molecule has 118 valence electrons. The van der Waals surface area contributed by atoms with Crippen LogP contribution in [0.25, 0.3) is 0 Å². The van der Waals surface area contributed by atoms with E-state index in [9.17, 15) is 4.79 Å². The zero-order chi connectivity index (χ0) is 15.4. The molecule has 0 radical (unpaired) electrons. The van der Waals surface area contributed by atoms with E-state index in [4.69, 9.17) is 13.9 Å². The third kappa shape index (κ3) is 3.64. The summed E-state index contributed by atoms with van der Waals surface area (Å²) in [5.74, 6) is 1.02. The summed E-state index contributed by atoms with van der Waals surface area (Å²) >= 11 is 0. The molecule has 0 spiro atoms. The maximum absolute atomic E-state index is 12.0. The van der Waals surface area contributed by atoms with E-state index < -0.39 is 5.97 Å². The molecule has 1 aromatic rings. The van der Waals surface area contributed by atoms with Crippen LogP contribution in [0.15, 0.2) is 4.42 Å². The average molecular weight is 295 g/mol. The third-order valence-corrected chi connectivity index (χ3v) is 3.71. The Morgan fingerprint density at radius 2 is 2.19 bits per heavy atom. The van der Waals surface area contributed by atoms with Crippen molar-refractivity contribution in [3.05, 3.63) is 17.3 Å². The molecule has 5 nitrogen and oxygen atoms in total. The van der Waals surface area contributed by atoms with Crippen molar-refractivity contribution in [3.63, 3.8) is 0 Å². The lowest BCUT2D eigenvalue weighted by Crippen LogP contribution is -2.13. The second-order valence-electron chi connectivity index (χ2n) is 5.86. The summed E-state index contributed by atoms with van der Waals surface area (Å²) in [4.78, 5) is 16.6. The van der Waals surface area contributed by atoms with Gasteiger partial charge in [0.15, 0.2) is 0 Å². The Morgan fingerprint density at radius 3 is 2.81 bits per heavy atom. The number of nitrogens with zero attached hydrogens (tertiary/aromatic N) is 1. The predicted molar refractivity (Wildman–Crippen MR) is 78.4 cm³/mol. The molecule has 1 aromatic heterocycles. The molecule has 1 saturated heterocycles. The molecular weight excluding hydrogens is 270 g/mol. The van der Waals surface area contributed by atoms with Crippen LogP contribution in [0.2, 0.25) is 0 Å². The van der Waals surface area contributed by atoms with Crippen LogP contribution >= 0.6 is 0 Å². The highest BCUT2D eigenvalue weighted by Gasteiger charge is 2.34. The minimum absolute atomic E-state index is 0.130. The second kappa shape index (κ2) is 7.07. The van der Waals surface area contributed by atoms with Crippen molar-refractivity contribution in [3.8, 4) is 0 Å². The molecule has 0 N–H and O–H groups in total. The number of carbonyl (C=O) groups is 1. The van der Waals surface area contributed by atoms with Gasteiger partial charge in [-0.1, -0.05) is 20.8 Å². The zero-order valence-electron chi connectivity index (χ0n) is 13.3. The maximum atomic E-state index is 12.0. The highest BCUT2D eigenvalue weighted by Crippen LogP contribution is 2.34. The standard InChI is InChI=1S/C16H25NO4/c1-5-13-11(7-8-20-13)15-17-12(9-10(3)4)14(21-15)16(18)19-6-2/h10-11,13H,5-9H2,1-4H3. The van der Waals surface area contributed by atoms with Gasteiger partial charge in [0, 0.05) is 6.61 Å². The molecule has 21 heavy (non-hydrogen) atoms. The number of hydrogen-bond donors (Lipinski definition) is 0. The van der Waals surface area contributed by atoms with Crippen molar-refractivity contribution in [1.29, 1.82) is 0 Å². The number of ether oxygens (including phenoxy) is 2. The zero-order valence-corrected chi connectivity index (χ0v) is 13.3. The Hall–Kier alpha value is -1.36. The molecule has 0 aromatic carbocycles. The number of aromatic nitrogens is 1. The monoisotopic (exact) mass is 295 g/mol. The highest BCUT2D eigenvalue weighted by atomic mass is 16.5. The molecule has 0 aliphatic carbocycles. The molecule has 1 aliphatic heterocycles. The number of rotatable bonds is 6. The maximum Gasteiger partial charge on any atom is 0.376 e. The molecule has 5 heteroatoms. The van der Waals surface area contributed by atoms with E-state index in [-0.39, 0.29) is 17.8 Å². The fourth-order valence-corrected chi connectivity index (χ4v) is 2.74. The van der Waals surface area contributed by atoms with E-state index in [1.54, 1.807) is 6.92 Å². The van der Waals surface area contributed by atoms with Gasteiger partial charge in [-0.15, -0.1) is 0 Å². The van der Waals surface area contributed by atoms with Gasteiger partial charge >= 0.3 is 5.97 Å².